The van der Waals surface area contributed by atoms with Gasteiger partial charge in [-0.15, -0.1) is 0 Å². The van der Waals surface area contributed by atoms with Crippen LogP contribution in [0.2, 0.25) is 0 Å². The molecule has 5 nitrogen and oxygen atoms in total. The molecule has 0 amide bonds. The van der Waals surface area contributed by atoms with Crippen LogP contribution in [0.4, 0.5) is 5.69 Å². The largest absolute Gasteiger partial charge is 0.378 e. The van der Waals surface area contributed by atoms with Gasteiger partial charge in [0.05, 0.1) is 30.3 Å². The fourth-order valence-electron chi connectivity index (χ4n) is 1.23. The molecule has 0 N–H and O–H groups in total. The second-order valence-electron chi connectivity index (χ2n) is 3.91. The molecule has 96 valence electrons. The lowest BCUT2D eigenvalue weighted by atomic mass is 10.4. The summed E-state index contributed by atoms with van der Waals surface area (Å²) in [4.78, 5) is 3.89. The van der Waals surface area contributed by atoms with Crippen LogP contribution in [0, 0.1) is 0 Å². The third kappa shape index (κ3) is 4.32. The minimum absolute atomic E-state index is 0.0312. The predicted molar refractivity (Wildman–Crippen MR) is 67.5 cm³/mol. The zero-order chi connectivity index (χ0) is 12.9. The van der Waals surface area contributed by atoms with Gasteiger partial charge in [0.1, 0.15) is 0 Å². The Balaban J connectivity index is 2.65. The number of pyridine rings is 1. The Kier molecular flexibility index (Phi) is 4.89. The van der Waals surface area contributed by atoms with Gasteiger partial charge in [-0.25, -0.2) is 8.42 Å². The normalized spacial score (nSPS) is 11.8. The molecule has 0 fully saturated rings. The average Bonchev–Trinajstić information content (AvgIpc) is 2.28. The number of aromatic nitrogens is 1. The zero-order valence-corrected chi connectivity index (χ0v) is 11.1. The molecular weight excluding hydrogens is 240 g/mol. The Labute approximate surface area is 102 Å². The van der Waals surface area contributed by atoms with Crippen LogP contribution in [0.25, 0.3) is 0 Å². The van der Waals surface area contributed by atoms with Crippen molar-refractivity contribution in [2.45, 2.75) is 20.0 Å². The Morgan fingerprint density at radius 1 is 1.47 bits per heavy atom. The fraction of sp³-hybridized carbons (Fsp3) is 0.545. The second-order valence-corrected chi connectivity index (χ2v) is 6.03. The number of rotatable bonds is 6. The molecule has 0 radical (unpaired) electrons. The van der Waals surface area contributed by atoms with Crippen molar-refractivity contribution in [3.63, 3.8) is 0 Å². The molecule has 0 saturated carbocycles. The highest BCUT2D eigenvalue weighted by Gasteiger charge is 2.18. The third-order valence-corrected chi connectivity index (χ3v) is 3.95. The summed E-state index contributed by atoms with van der Waals surface area (Å²) < 4.78 is 30.3. The van der Waals surface area contributed by atoms with Gasteiger partial charge in [-0.2, -0.15) is 0 Å². The standard InChI is InChI=1S/C11H18N2O3S/c1-10(2)16-7-8-17(14,15)13(3)11-5-4-6-12-9-11/h4-6,9-10H,7-8H2,1-3H3. The molecule has 0 atom stereocenters. The molecule has 0 aliphatic heterocycles. The monoisotopic (exact) mass is 258 g/mol. The molecule has 0 saturated heterocycles. The maximum Gasteiger partial charge on any atom is 0.237 e. The molecule has 1 aromatic rings. The van der Waals surface area contributed by atoms with E-state index < -0.39 is 10.0 Å². The van der Waals surface area contributed by atoms with Crippen LogP contribution in [0.1, 0.15) is 13.8 Å². The van der Waals surface area contributed by atoms with Gasteiger partial charge in [-0.3, -0.25) is 9.29 Å². The van der Waals surface area contributed by atoms with Gasteiger partial charge < -0.3 is 4.74 Å². The van der Waals surface area contributed by atoms with Crippen molar-refractivity contribution >= 4 is 15.7 Å². The number of anilines is 1. The summed E-state index contributed by atoms with van der Waals surface area (Å²) in [5.41, 5.74) is 0.553. The van der Waals surface area contributed by atoms with Crippen molar-refractivity contribution in [1.29, 1.82) is 0 Å². The van der Waals surface area contributed by atoms with Crippen LogP contribution in [-0.2, 0) is 14.8 Å². The Hall–Kier alpha value is -1.14. The van der Waals surface area contributed by atoms with Crippen molar-refractivity contribution in [2.24, 2.45) is 0 Å². The van der Waals surface area contributed by atoms with Gasteiger partial charge in [0.2, 0.25) is 10.0 Å². The number of nitrogens with zero attached hydrogens (tertiary/aromatic N) is 2. The molecule has 0 unspecified atom stereocenters. The van der Waals surface area contributed by atoms with E-state index in [1.165, 1.54) is 17.5 Å². The van der Waals surface area contributed by atoms with Crippen molar-refractivity contribution in [3.05, 3.63) is 24.5 Å². The van der Waals surface area contributed by atoms with Crippen molar-refractivity contribution < 1.29 is 13.2 Å². The summed E-state index contributed by atoms with van der Waals surface area (Å²) in [5, 5.41) is 0. The molecule has 0 spiro atoms. The van der Waals surface area contributed by atoms with E-state index in [2.05, 4.69) is 4.98 Å². The van der Waals surface area contributed by atoms with Crippen LogP contribution < -0.4 is 4.31 Å². The van der Waals surface area contributed by atoms with E-state index in [0.29, 0.717) is 5.69 Å². The van der Waals surface area contributed by atoms with E-state index >= 15 is 0 Å². The molecule has 0 bridgehead atoms. The number of hydrogen-bond acceptors (Lipinski definition) is 4. The first-order chi connectivity index (χ1) is 7.93. The number of hydrogen-bond donors (Lipinski definition) is 0. The fourth-order valence-corrected chi connectivity index (χ4v) is 2.24. The van der Waals surface area contributed by atoms with E-state index in [9.17, 15) is 8.42 Å². The summed E-state index contributed by atoms with van der Waals surface area (Å²) in [6, 6.07) is 3.40. The molecule has 1 aromatic heterocycles. The van der Waals surface area contributed by atoms with Crippen LogP contribution >= 0.6 is 0 Å². The average molecular weight is 258 g/mol. The summed E-state index contributed by atoms with van der Waals surface area (Å²) in [7, 11) is -1.83. The smallest absolute Gasteiger partial charge is 0.237 e. The lowest BCUT2D eigenvalue weighted by Gasteiger charge is -2.19. The third-order valence-electron chi connectivity index (χ3n) is 2.22. The molecule has 1 heterocycles. The maximum atomic E-state index is 11.9. The van der Waals surface area contributed by atoms with Crippen LogP contribution in [-0.4, -0.2) is 38.9 Å². The molecule has 0 aliphatic carbocycles. The van der Waals surface area contributed by atoms with Gasteiger partial charge in [0, 0.05) is 13.2 Å². The highest BCUT2D eigenvalue weighted by Crippen LogP contribution is 2.13. The zero-order valence-electron chi connectivity index (χ0n) is 10.3. The minimum atomic E-state index is -3.34. The molecule has 17 heavy (non-hydrogen) atoms. The van der Waals surface area contributed by atoms with E-state index in [4.69, 9.17) is 4.74 Å². The lowest BCUT2D eigenvalue weighted by Crippen LogP contribution is -2.31. The SMILES string of the molecule is CC(C)OCCS(=O)(=O)N(C)c1cccnc1. The van der Waals surface area contributed by atoms with E-state index in [0.717, 1.165) is 0 Å². The van der Waals surface area contributed by atoms with E-state index in [1.54, 1.807) is 18.3 Å². The summed E-state index contributed by atoms with van der Waals surface area (Å²) >= 11 is 0. The van der Waals surface area contributed by atoms with Crippen LogP contribution in [0.5, 0.6) is 0 Å². The summed E-state index contributed by atoms with van der Waals surface area (Å²) in [5.74, 6) is -0.0312. The van der Waals surface area contributed by atoms with E-state index in [1.807, 2.05) is 13.8 Å². The van der Waals surface area contributed by atoms with Crippen molar-refractivity contribution in [1.82, 2.24) is 4.98 Å². The number of sulfonamides is 1. The molecule has 0 aliphatic rings. The highest BCUT2D eigenvalue weighted by molar-refractivity contribution is 7.92. The first kappa shape index (κ1) is 13.9. The van der Waals surface area contributed by atoms with Crippen LogP contribution in [0.3, 0.4) is 0 Å². The molecule has 0 aromatic carbocycles. The van der Waals surface area contributed by atoms with Gasteiger partial charge >= 0.3 is 0 Å². The quantitative estimate of drug-likeness (QED) is 0.771. The van der Waals surface area contributed by atoms with Crippen molar-refractivity contribution in [2.75, 3.05) is 23.7 Å². The maximum absolute atomic E-state index is 11.9. The second kappa shape index (κ2) is 5.97. The first-order valence-corrected chi connectivity index (χ1v) is 7.02. The minimum Gasteiger partial charge on any atom is -0.378 e. The predicted octanol–water partition coefficient (Wildman–Crippen LogP) is 1.27. The van der Waals surface area contributed by atoms with Gasteiger partial charge in [-0.1, -0.05) is 0 Å². The lowest BCUT2D eigenvalue weighted by molar-refractivity contribution is 0.0912. The van der Waals surface area contributed by atoms with Gasteiger partial charge in [0.25, 0.3) is 0 Å². The van der Waals surface area contributed by atoms with Crippen LogP contribution in [0.15, 0.2) is 24.5 Å². The van der Waals surface area contributed by atoms with Gasteiger partial charge in [0.15, 0.2) is 0 Å². The van der Waals surface area contributed by atoms with Crippen molar-refractivity contribution in [3.8, 4) is 0 Å². The molecule has 1 rings (SSSR count). The molecule has 6 heteroatoms. The molecular formula is C11H18N2O3S. The Morgan fingerprint density at radius 2 is 2.18 bits per heavy atom. The van der Waals surface area contributed by atoms with Gasteiger partial charge in [-0.05, 0) is 26.0 Å². The van der Waals surface area contributed by atoms with E-state index in [-0.39, 0.29) is 18.5 Å². The Bertz CT molecular complexity index is 431. The summed E-state index contributed by atoms with van der Waals surface area (Å²) in [6.07, 6.45) is 3.15. The highest BCUT2D eigenvalue weighted by atomic mass is 32.2. The Morgan fingerprint density at radius 3 is 2.71 bits per heavy atom. The number of ether oxygens (including phenoxy) is 1. The topological polar surface area (TPSA) is 59.5 Å². The first-order valence-electron chi connectivity index (χ1n) is 5.41. The summed E-state index contributed by atoms with van der Waals surface area (Å²) in [6.45, 7) is 3.94.